The quantitative estimate of drug-likeness (QED) is 0.777. The highest BCUT2D eigenvalue weighted by atomic mass is 16.4. The van der Waals surface area contributed by atoms with Gasteiger partial charge in [0.1, 0.15) is 5.75 Å². The van der Waals surface area contributed by atoms with Crippen LogP contribution in [-0.2, 0) is 4.79 Å². The van der Waals surface area contributed by atoms with Crippen molar-refractivity contribution in [2.24, 2.45) is 0 Å². The summed E-state index contributed by atoms with van der Waals surface area (Å²) in [5, 5.41) is 29.2. The summed E-state index contributed by atoms with van der Waals surface area (Å²) < 4.78 is 1.64. The van der Waals surface area contributed by atoms with E-state index in [2.05, 4.69) is 0 Å². The number of hydrogen-bond donors (Lipinski definition) is 3. The van der Waals surface area contributed by atoms with Crippen molar-refractivity contribution in [2.45, 2.75) is 26.0 Å². The zero-order valence-corrected chi connectivity index (χ0v) is 10.2. The molecule has 96 valence electrons. The first-order chi connectivity index (χ1) is 8.43. The maximum Gasteiger partial charge on any atom is 0.338 e. The lowest BCUT2D eigenvalue weighted by atomic mass is 10.2. The second kappa shape index (κ2) is 4.34. The Morgan fingerprint density at radius 3 is 2.56 bits per heavy atom. The maximum atomic E-state index is 10.9. The van der Waals surface area contributed by atoms with E-state index in [1.807, 2.05) is 13.8 Å². The third-order valence-corrected chi connectivity index (χ3v) is 2.90. The van der Waals surface area contributed by atoms with E-state index in [1.54, 1.807) is 22.8 Å². The van der Waals surface area contributed by atoms with Gasteiger partial charge in [0.2, 0.25) is 0 Å². The zero-order chi connectivity index (χ0) is 13.4. The number of hydrogen-bond acceptors (Lipinski definition) is 3. The molecule has 5 nitrogen and oxygen atoms in total. The average molecular weight is 249 g/mol. The Labute approximate surface area is 104 Å². The van der Waals surface area contributed by atoms with Crippen LogP contribution in [0.3, 0.4) is 0 Å². The van der Waals surface area contributed by atoms with Gasteiger partial charge in [-0.15, -0.1) is 0 Å². The number of benzene rings is 1. The smallest absolute Gasteiger partial charge is 0.338 e. The number of carboxylic acids is 1. The van der Waals surface area contributed by atoms with Crippen molar-refractivity contribution >= 4 is 16.9 Å². The minimum absolute atomic E-state index is 0.0696. The summed E-state index contributed by atoms with van der Waals surface area (Å²) in [5.41, 5.74) is 0.816. The van der Waals surface area contributed by atoms with Gasteiger partial charge in [-0.25, -0.2) is 4.79 Å². The van der Waals surface area contributed by atoms with Gasteiger partial charge in [0.05, 0.1) is 11.2 Å². The summed E-state index contributed by atoms with van der Waals surface area (Å²) in [4.78, 5) is 10.9. The number of aliphatic carboxylic acids is 1. The van der Waals surface area contributed by atoms with Crippen LogP contribution < -0.4 is 0 Å². The molecule has 0 aliphatic carbocycles. The molecule has 0 radical (unpaired) electrons. The number of aromatic nitrogens is 1. The first-order valence-corrected chi connectivity index (χ1v) is 5.67. The Bertz CT molecular complexity index is 600. The first-order valence-electron chi connectivity index (χ1n) is 5.67. The largest absolute Gasteiger partial charge is 0.506 e. The van der Waals surface area contributed by atoms with Crippen LogP contribution in [0.1, 0.15) is 31.7 Å². The third-order valence-electron chi connectivity index (χ3n) is 2.90. The number of aromatic hydroxyl groups is 1. The number of aliphatic hydroxyl groups is 1. The molecular weight excluding hydrogens is 234 g/mol. The van der Waals surface area contributed by atoms with Crippen molar-refractivity contribution < 1.29 is 20.1 Å². The van der Waals surface area contributed by atoms with E-state index in [4.69, 9.17) is 5.11 Å². The van der Waals surface area contributed by atoms with Crippen molar-refractivity contribution in [3.05, 3.63) is 30.0 Å². The molecule has 3 N–H and O–H groups in total. The molecule has 2 aromatic rings. The van der Waals surface area contributed by atoms with E-state index < -0.39 is 12.1 Å². The number of phenols is 1. The molecule has 0 amide bonds. The molecule has 0 aliphatic rings. The van der Waals surface area contributed by atoms with Crippen molar-refractivity contribution in [3.8, 4) is 5.75 Å². The highest BCUT2D eigenvalue weighted by Crippen LogP contribution is 2.33. The van der Waals surface area contributed by atoms with Crippen molar-refractivity contribution in [1.29, 1.82) is 0 Å². The topological polar surface area (TPSA) is 82.7 Å². The fourth-order valence-electron chi connectivity index (χ4n) is 2.18. The maximum absolute atomic E-state index is 10.9. The van der Waals surface area contributed by atoms with Crippen LogP contribution in [0.25, 0.3) is 10.9 Å². The Kier molecular flexibility index (Phi) is 3.00. The molecule has 0 saturated carbocycles. The predicted molar refractivity (Wildman–Crippen MR) is 66.6 cm³/mol. The molecule has 0 spiro atoms. The summed E-state index contributed by atoms with van der Waals surface area (Å²) in [6.07, 6.45) is -1.60. The lowest BCUT2D eigenvalue weighted by Gasteiger charge is -2.16. The van der Waals surface area contributed by atoms with Crippen LogP contribution in [0.4, 0.5) is 0 Å². The Balaban J connectivity index is 2.78. The lowest BCUT2D eigenvalue weighted by Crippen LogP contribution is -2.16. The van der Waals surface area contributed by atoms with E-state index in [1.165, 1.54) is 6.07 Å². The van der Waals surface area contributed by atoms with Gasteiger partial charge in [0.15, 0.2) is 6.10 Å². The predicted octanol–water partition coefficient (Wildman–Crippen LogP) is 2.05. The summed E-state index contributed by atoms with van der Waals surface area (Å²) in [7, 11) is 0. The van der Waals surface area contributed by atoms with Crippen molar-refractivity contribution in [3.63, 3.8) is 0 Å². The summed E-state index contributed by atoms with van der Waals surface area (Å²) >= 11 is 0. The van der Waals surface area contributed by atoms with Gasteiger partial charge in [0, 0.05) is 11.4 Å². The highest BCUT2D eigenvalue weighted by molar-refractivity contribution is 5.88. The fraction of sp³-hybridized carbons (Fsp3) is 0.308. The number of rotatable bonds is 3. The van der Waals surface area contributed by atoms with Crippen molar-refractivity contribution in [2.75, 3.05) is 0 Å². The molecule has 1 atom stereocenters. The molecule has 0 bridgehead atoms. The minimum Gasteiger partial charge on any atom is -0.506 e. The van der Waals surface area contributed by atoms with Gasteiger partial charge in [-0.3, -0.25) is 0 Å². The molecular formula is C13H15NO4. The Hall–Kier alpha value is -2.01. The zero-order valence-electron chi connectivity index (χ0n) is 10.2. The van der Waals surface area contributed by atoms with Crippen LogP contribution >= 0.6 is 0 Å². The van der Waals surface area contributed by atoms with Crippen LogP contribution in [0, 0.1) is 0 Å². The molecule has 0 aliphatic heterocycles. The second-order valence-corrected chi connectivity index (χ2v) is 4.49. The molecule has 1 aromatic heterocycles. The van der Waals surface area contributed by atoms with Gasteiger partial charge in [-0.2, -0.15) is 0 Å². The average Bonchev–Trinajstić information content (AvgIpc) is 2.68. The van der Waals surface area contributed by atoms with E-state index in [-0.39, 0.29) is 17.5 Å². The van der Waals surface area contributed by atoms with Crippen LogP contribution in [0.15, 0.2) is 24.3 Å². The standard InChI is InChI=1S/C13H15NO4/c1-7(2)14-9(12(16)13(17)18)6-8-4-3-5-10(15)11(8)14/h3-7,12,15-16H,1-2H3,(H,17,18). The van der Waals surface area contributed by atoms with Crippen LogP contribution in [0.2, 0.25) is 0 Å². The second-order valence-electron chi connectivity index (χ2n) is 4.49. The van der Waals surface area contributed by atoms with E-state index in [0.29, 0.717) is 10.9 Å². The third kappa shape index (κ3) is 1.82. The highest BCUT2D eigenvalue weighted by Gasteiger charge is 2.24. The molecule has 0 saturated heterocycles. The number of aliphatic hydroxyl groups excluding tert-OH is 1. The van der Waals surface area contributed by atoms with Crippen LogP contribution in [-0.4, -0.2) is 25.9 Å². The number of nitrogens with zero attached hydrogens (tertiary/aromatic N) is 1. The summed E-state index contributed by atoms with van der Waals surface area (Å²) in [6, 6.07) is 6.51. The molecule has 2 rings (SSSR count). The fourth-order valence-corrected chi connectivity index (χ4v) is 2.18. The number of para-hydroxylation sites is 1. The first kappa shape index (κ1) is 12.4. The number of fused-ring (bicyclic) bond motifs is 1. The monoisotopic (exact) mass is 249 g/mol. The van der Waals surface area contributed by atoms with Gasteiger partial charge in [0.25, 0.3) is 0 Å². The SMILES string of the molecule is CC(C)n1c(C(O)C(=O)O)cc2cccc(O)c21. The van der Waals surface area contributed by atoms with E-state index in [9.17, 15) is 15.0 Å². The molecule has 18 heavy (non-hydrogen) atoms. The molecule has 1 heterocycles. The van der Waals surface area contributed by atoms with Gasteiger partial charge in [-0.1, -0.05) is 12.1 Å². The van der Waals surface area contributed by atoms with Crippen LogP contribution in [0.5, 0.6) is 5.75 Å². The lowest BCUT2D eigenvalue weighted by molar-refractivity contribution is -0.147. The Morgan fingerprint density at radius 2 is 2.00 bits per heavy atom. The van der Waals surface area contributed by atoms with Gasteiger partial charge >= 0.3 is 5.97 Å². The normalized spacial score (nSPS) is 13.1. The molecule has 5 heteroatoms. The molecule has 0 fully saturated rings. The minimum atomic E-state index is -1.60. The number of carboxylic acid groups (broad SMARTS) is 1. The summed E-state index contributed by atoms with van der Waals surface area (Å²) in [6.45, 7) is 3.73. The van der Waals surface area contributed by atoms with Gasteiger partial charge in [-0.05, 0) is 26.0 Å². The van der Waals surface area contributed by atoms with Gasteiger partial charge < -0.3 is 19.9 Å². The van der Waals surface area contributed by atoms with Crippen molar-refractivity contribution in [1.82, 2.24) is 4.57 Å². The van der Waals surface area contributed by atoms with E-state index in [0.717, 1.165) is 0 Å². The number of phenolic OH excluding ortho intramolecular Hbond substituents is 1. The van der Waals surface area contributed by atoms with E-state index >= 15 is 0 Å². The molecule has 1 unspecified atom stereocenters. The molecule has 1 aromatic carbocycles. The summed E-state index contributed by atoms with van der Waals surface area (Å²) in [5.74, 6) is -1.23. The Morgan fingerprint density at radius 1 is 1.33 bits per heavy atom. The number of carbonyl (C=O) groups is 1.